The minimum absolute atomic E-state index is 0.0877. The van der Waals surface area contributed by atoms with Gasteiger partial charge in [-0.15, -0.1) is 0 Å². The number of nitrogens with one attached hydrogen (secondary N) is 1. The molecular formula is C14H16N4O. The first-order valence-electron chi connectivity index (χ1n) is 6.71. The highest BCUT2D eigenvalue weighted by Gasteiger charge is 2.34. The van der Waals surface area contributed by atoms with Crippen LogP contribution < -0.4 is 10.2 Å². The van der Waals surface area contributed by atoms with Gasteiger partial charge in [0.25, 0.3) is 0 Å². The monoisotopic (exact) mass is 256 g/mol. The lowest BCUT2D eigenvalue weighted by atomic mass is 10.2. The first kappa shape index (κ1) is 12.0. The van der Waals surface area contributed by atoms with Crippen LogP contribution in [0, 0.1) is 11.3 Å². The number of aromatic nitrogens is 1. The average Bonchev–Trinajstić information content (AvgIpc) is 3.11. The number of pyridine rings is 1. The highest BCUT2D eigenvalue weighted by molar-refractivity contribution is 5.86. The van der Waals surface area contributed by atoms with Gasteiger partial charge in [-0.25, -0.2) is 4.98 Å². The molecule has 1 saturated carbocycles. The number of nitrogens with zero attached hydrogens (tertiary/aromatic N) is 3. The van der Waals surface area contributed by atoms with Gasteiger partial charge in [0.1, 0.15) is 17.8 Å². The van der Waals surface area contributed by atoms with Gasteiger partial charge in [0.2, 0.25) is 5.91 Å². The second-order valence-corrected chi connectivity index (χ2v) is 5.15. The molecular weight excluding hydrogens is 240 g/mol. The minimum Gasteiger partial charge on any atom is -0.358 e. The van der Waals surface area contributed by atoms with Crippen LogP contribution in [-0.2, 0) is 4.79 Å². The second-order valence-electron chi connectivity index (χ2n) is 5.15. The van der Waals surface area contributed by atoms with E-state index in [1.165, 1.54) is 0 Å². The molecule has 1 amide bonds. The highest BCUT2D eigenvalue weighted by Crippen LogP contribution is 2.26. The molecule has 1 unspecified atom stereocenters. The first-order valence-corrected chi connectivity index (χ1v) is 6.71. The molecule has 1 N–H and O–H groups in total. The Kier molecular flexibility index (Phi) is 3.08. The molecule has 5 heteroatoms. The molecule has 0 spiro atoms. The number of hydrogen-bond acceptors (Lipinski definition) is 4. The van der Waals surface area contributed by atoms with E-state index >= 15 is 0 Å². The summed E-state index contributed by atoms with van der Waals surface area (Å²) in [6, 6.07) is 5.88. The molecule has 0 bridgehead atoms. The Hall–Kier alpha value is -2.09. The van der Waals surface area contributed by atoms with E-state index in [0.29, 0.717) is 11.7 Å². The molecule has 1 saturated heterocycles. The largest absolute Gasteiger partial charge is 0.358 e. The molecule has 1 aliphatic heterocycles. The van der Waals surface area contributed by atoms with Gasteiger partial charge in [-0.3, -0.25) is 4.79 Å². The normalized spacial score (nSPS) is 22.1. The van der Waals surface area contributed by atoms with Crippen molar-refractivity contribution >= 4 is 11.6 Å². The van der Waals surface area contributed by atoms with Gasteiger partial charge in [0, 0.05) is 12.6 Å². The molecule has 1 atom stereocenters. The highest BCUT2D eigenvalue weighted by atomic mass is 16.2. The first-order chi connectivity index (χ1) is 9.28. The van der Waals surface area contributed by atoms with E-state index in [1.54, 1.807) is 12.3 Å². The van der Waals surface area contributed by atoms with Crippen LogP contribution in [0.25, 0.3) is 0 Å². The summed E-state index contributed by atoms with van der Waals surface area (Å²) in [7, 11) is 0. The predicted octanol–water partition coefficient (Wildman–Crippen LogP) is 1.20. The van der Waals surface area contributed by atoms with E-state index in [1.807, 2.05) is 12.1 Å². The standard InChI is InChI=1S/C14H16N4O/c15-8-11-5-6-12(9-16-11)18-7-1-2-13(18)14(19)17-10-3-4-10/h5-6,9-10,13H,1-4,7H2,(H,17,19). The zero-order valence-electron chi connectivity index (χ0n) is 10.7. The van der Waals surface area contributed by atoms with Crippen LogP contribution in [0.2, 0.25) is 0 Å². The molecule has 98 valence electrons. The minimum atomic E-state index is -0.0877. The Morgan fingerprint density at radius 3 is 2.89 bits per heavy atom. The smallest absolute Gasteiger partial charge is 0.242 e. The van der Waals surface area contributed by atoms with Gasteiger partial charge in [-0.1, -0.05) is 0 Å². The quantitative estimate of drug-likeness (QED) is 0.882. The summed E-state index contributed by atoms with van der Waals surface area (Å²) in [6.07, 6.45) is 5.80. The van der Waals surface area contributed by atoms with Crippen molar-refractivity contribution in [2.75, 3.05) is 11.4 Å². The summed E-state index contributed by atoms with van der Waals surface area (Å²) < 4.78 is 0. The Balaban J connectivity index is 1.74. The molecule has 3 rings (SSSR count). The number of carbonyl (C=O) groups excluding carboxylic acids is 1. The maximum absolute atomic E-state index is 12.2. The van der Waals surface area contributed by atoms with Crippen molar-refractivity contribution in [3.63, 3.8) is 0 Å². The second kappa shape index (κ2) is 4.88. The summed E-state index contributed by atoms with van der Waals surface area (Å²) in [4.78, 5) is 18.3. The lowest BCUT2D eigenvalue weighted by Gasteiger charge is -2.25. The van der Waals surface area contributed by atoms with Crippen LogP contribution >= 0.6 is 0 Å². The van der Waals surface area contributed by atoms with Crippen LogP contribution in [0.4, 0.5) is 5.69 Å². The molecule has 19 heavy (non-hydrogen) atoms. The molecule has 0 aromatic carbocycles. The van der Waals surface area contributed by atoms with Crippen LogP contribution in [0.1, 0.15) is 31.4 Å². The van der Waals surface area contributed by atoms with Gasteiger partial charge in [0.15, 0.2) is 0 Å². The van der Waals surface area contributed by atoms with Gasteiger partial charge >= 0.3 is 0 Å². The number of anilines is 1. The lowest BCUT2D eigenvalue weighted by Crippen LogP contribution is -2.44. The predicted molar refractivity (Wildman–Crippen MR) is 70.5 cm³/mol. The van der Waals surface area contributed by atoms with Crippen molar-refractivity contribution in [3.8, 4) is 6.07 Å². The van der Waals surface area contributed by atoms with Crippen molar-refractivity contribution in [2.45, 2.75) is 37.8 Å². The van der Waals surface area contributed by atoms with Crippen molar-refractivity contribution < 1.29 is 4.79 Å². The summed E-state index contributed by atoms with van der Waals surface area (Å²) >= 11 is 0. The molecule has 1 aromatic rings. The summed E-state index contributed by atoms with van der Waals surface area (Å²) in [6.45, 7) is 0.871. The van der Waals surface area contributed by atoms with Gasteiger partial charge in [-0.05, 0) is 37.8 Å². The summed E-state index contributed by atoms with van der Waals surface area (Å²) in [5, 5.41) is 11.8. The van der Waals surface area contributed by atoms with E-state index in [4.69, 9.17) is 5.26 Å². The summed E-state index contributed by atoms with van der Waals surface area (Å²) in [5.41, 5.74) is 1.33. The fourth-order valence-electron chi connectivity index (χ4n) is 2.50. The SMILES string of the molecule is N#Cc1ccc(N2CCCC2C(=O)NC2CC2)cn1. The molecule has 2 heterocycles. The number of hydrogen-bond donors (Lipinski definition) is 1. The van der Waals surface area contributed by atoms with E-state index in [-0.39, 0.29) is 11.9 Å². The molecule has 0 radical (unpaired) electrons. The van der Waals surface area contributed by atoms with Crippen LogP contribution in [0.3, 0.4) is 0 Å². The van der Waals surface area contributed by atoms with Crippen LogP contribution in [0.15, 0.2) is 18.3 Å². The summed E-state index contributed by atoms with van der Waals surface area (Å²) in [5.74, 6) is 0.129. The van der Waals surface area contributed by atoms with Crippen LogP contribution in [0.5, 0.6) is 0 Å². The Labute approximate surface area is 112 Å². The van der Waals surface area contributed by atoms with Gasteiger partial charge in [0.05, 0.1) is 11.9 Å². The maximum Gasteiger partial charge on any atom is 0.242 e. The molecule has 2 fully saturated rings. The van der Waals surface area contributed by atoms with E-state index in [0.717, 1.165) is 37.9 Å². The third kappa shape index (κ3) is 2.53. The number of rotatable bonds is 3. The Morgan fingerprint density at radius 1 is 1.42 bits per heavy atom. The molecule has 2 aliphatic rings. The fraction of sp³-hybridized carbons (Fsp3) is 0.500. The van der Waals surface area contributed by atoms with Gasteiger partial charge in [-0.2, -0.15) is 5.26 Å². The van der Waals surface area contributed by atoms with Crippen molar-refractivity contribution in [3.05, 3.63) is 24.0 Å². The van der Waals surface area contributed by atoms with Crippen molar-refractivity contribution in [2.24, 2.45) is 0 Å². The average molecular weight is 256 g/mol. The zero-order valence-corrected chi connectivity index (χ0v) is 10.7. The Morgan fingerprint density at radius 2 is 2.26 bits per heavy atom. The Bertz CT molecular complexity index is 515. The molecule has 5 nitrogen and oxygen atoms in total. The molecule has 1 aromatic heterocycles. The van der Waals surface area contributed by atoms with Gasteiger partial charge < -0.3 is 10.2 Å². The van der Waals surface area contributed by atoms with Crippen molar-refractivity contribution in [1.82, 2.24) is 10.3 Å². The third-order valence-corrected chi connectivity index (χ3v) is 3.67. The lowest BCUT2D eigenvalue weighted by molar-refractivity contribution is -0.122. The molecule has 1 aliphatic carbocycles. The zero-order chi connectivity index (χ0) is 13.2. The maximum atomic E-state index is 12.2. The van der Waals surface area contributed by atoms with Crippen molar-refractivity contribution in [1.29, 1.82) is 5.26 Å². The number of amides is 1. The number of nitriles is 1. The van der Waals surface area contributed by atoms with Crippen LogP contribution in [-0.4, -0.2) is 29.5 Å². The topological polar surface area (TPSA) is 69.0 Å². The third-order valence-electron chi connectivity index (χ3n) is 3.67. The van der Waals surface area contributed by atoms with E-state index in [2.05, 4.69) is 15.2 Å². The van der Waals surface area contributed by atoms with E-state index < -0.39 is 0 Å². The van der Waals surface area contributed by atoms with E-state index in [9.17, 15) is 4.79 Å². The fourth-order valence-corrected chi connectivity index (χ4v) is 2.50. The number of carbonyl (C=O) groups is 1.